The van der Waals surface area contributed by atoms with Gasteiger partial charge in [-0.15, -0.1) is 0 Å². The van der Waals surface area contributed by atoms with Gasteiger partial charge in [-0.2, -0.15) is 0 Å². The van der Waals surface area contributed by atoms with Crippen molar-refractivity contribution in [2.24, 2.45) is 0 Å². The van der Waals surface area contributed by atoms with Crippen molar-refractivity contribution in [2.75, 3.05) is 17.3 Å². The molecule has 6 heteroatoms. The molecule has 0 aliphatic rings. The highest BCUT2D eigenvalue weighted by atomic mass is 16.6. The summed E-state index contributed by atoms with van der Waals surface area (Å²) in [4.78, 5) is 25.1. The van der Waals surface area contributed by atoms with Crippen LogP contribution in [0.2, 0.25) is 0 Å². The van der Waals surface area contributed by atoms with Crippen molar-refractivity contribution in [3.8, 4) is 0 Å². The highest BCUT2D eigenvalue weighted by Crippen LogP contribution is 2.27. The molecular formula is C22H29N3O3. The number of amides is 2. The molecule has 2 N–H and O–H groups in total. The number of anilines is 2. The number of carbonyl (C=O) groups excluding carboxylic acids is 2. The first-order chi connectivity index (χ1) is 13.2. The third kappa shape index (κ3) is 6.30. The van der Waals surface area contributed by atoms with Gasteiger partial charge in [-0.3, -0.25) is 4.79 Å². The topological polar surface area (TPSA) is 70.7 Å². The van der Waals surface area contributed by atoms with Crippen molar-refractivity contribution >= 4 is 23.9 Å². The SMILES string of the molecule is CNc1ccc(C)cc1N(C=O)Cc1ccc(CNC(=O)OC(C)(C)C)cc1. The van der Waals surface area contributed by atoms with Crippen LogP contribution in [0.1, 0.15) is 37.5 Å². The summed E-state index contributed by atoms with van der Waals surface area (Å²) in [7, 11) is 1.84. The maximum Gasteiger partial charge on any atom is 0.407 e. The summed E-state index contributed by atoms with van der Waals surface area (Å²) in [5, 5.41) is 5.86. The zero-order chi connectivity index (χ0) is 20.7. The van der Waals surface area contributed by atoms with Crippen LogP contribution < -0.4 is 15.5 Å². The second-order valence-electron chi connectivity index (χ2n) is 7.68. The average Bonchev–Trinajstić information content (AvgIpc) is 2.64. The quantitative estimate of drug-likeness (QED) is 0.702. The van der Waals surface area contributed by atoms with Crippen molar-refractivity contribution in [2.45, 2.75) is 46.4 Å². The Morgan fingerprint density at radius 1 is 1.11 bits per heavy atom. The van der Waals surface area contributed by atoms with E-state index in [-0.39, 0.29) is 0 Å². The van der Waals surface area contributed by atoms with E-state index in [2.05, 4.69) is 10.6 Å². The van der Waals surface area contributed by atoms with Gasteiger partial charge in [0.1, 0.15) is 5.60 Å². The molecule has 0 aromatic heterocycles. The van der Waals surface area contributed by atoms with Gasteiger partial charge in [0.25, 0.3) is 0 Å². The van der Waals surface area contributed by atoms with Gasteiger partial charge in [-0.25, -0.2) is 4.79 Å². The third-order valence-electron chi connectivity index (χ3n) is 4.07. The first-order valence-corrected chi connectivity index (χ1v) is 9.27. The second kappa shape index (κ2) is 9.26. The molecule has 150 valence electrons. The Morgan fingerprint density at radius 2 is 1.75 bits per heavy atom. The number of rotatable bonds is 7. The van der Waals surface area contributed by atoms with E-state index in [4.69, 9.17) is 4.74 Å². The fourth-order valence-electron chi connectivity index (χ4n) is 2.72. The molecular weight excluding hydrogens is 354 g/mol. The van der Waals surface area contributed by atoms with E-state index >= 15 is 0 Å². The van der Waals surface area contributed by atoms with Crippen LogP contribution in [0.15, 0.2) is 42.5 Å². The molecule has 0 heterocycles. The van der Waals surface area contributed by atoms with Crippen LogP contribution >= 0.6 is 0 Å². The number of aryl methyl sites for hydroxylation is 1. The summed E-state index contributed by atoms with van der Waals surface area (Å²) in [6.45, 7) is 8.32. The molecule has 2 aromatic rings. The number of hydrogen-bond acceptors (Lipinski definition) is 4. The smallest absolute Gasteiger partial charge is 0.407 e. The zero-order valence-corrected chi connectivity index (χ0v) is 17.2. The predicted octanol–water partition coefficient (Wildman–Crippen LogP) is 4.22. The number of carbonyl (C=O) groups is 2. The largest absolute Gasteiger partial charge is 0.444 e. The van der Waals surface area contributed by atoms with Crippen LogP contribution in [0.3, 0.4) is 0 Å². The van der Waals surface area contributed by atoms with Crippen LogP contribution in [0.5, 0.6) is 0 Å². The number of benzene rings is 2. The minimum Gasteiger partial charge on any atom is -0.444 e. The molecule has 0 unspecified atom stereocenters. The van der Waals surface area contributed by atoms with Gasteiger partial charge in [0.2, 0.25) is 6.41 Å². The molecule has 0 atom stereocenters. The molecule has 28 heavy (non-hydrogen) atoms. The lowest BCUT2D eigenvalue weighted by molar-refractivity contribution is -0.107. The van der Waals surface area contributed by atoms with E-state index in [0.717, 1.165) is 34.5 Å². The lowest BCUT2D eigenvalue weighted by Gasteiger charge is -2.21. The molecule has 6 nitrogen and oxygen atoms in total. The summed E-state index contributed by atoms with van der Waals surface area (Å²) >= 11 is 0. The van der Waals surface area contributed by atoms with Gasteiger partial charge in [-0.1, -0.05) is 30.3 Å². The van der Waals surface area contributed by atoms with E-state index in [9.17, 15) is 9.59 Å². The van der Waals surface area contributed by atoms with Crippen LogP contribution in [0.25, 0.3) is 0 Å². The molecule has 0 aliphatic heterocycles. The molecule has 0 saturated carbocycles. The number of nitrogens with zero attached hydrogens (tertiary/aromatic N) is 1. The van der Waals surface area contributed by atoms with Crippen molar-refractivity contribution in [3.63, 3.8) is 0 Å². The maximum atomic E-state index is 11.7. The first kappa shape index (κ1) is 21.3. The van der Waals surface area contributed by atoms with Crippen molar-refractivity contribution in [1.82, 2.24) is 5.32 Å². The fraction of sp³-hybridized carbons (Fsp3) is 0.364. The van der Waals surface area contributed by atoms with Crippen LogP contribution in [0, 0.1) is 6.92 Å². The molecule has 2 amide bonds. The highest BCUT2D eigenvalue weighted by molar-refractivity contribution is 5.83. The Kier molecular flexibility index (Phi) is 7.04. The van der Waals surface area contributed by atoms with E-state index in [1.165, 1.54) is 0 Å². The molecule has 0 radical (unpaired) electrons. The van der Waals surface area contributed by atoms with Crippen LogP contribution in [-0.4, -0.2) is 25.2 Å². The lowest BCUT2D eigenvalue weighted by atomic mass is 10.1. The predicted molar refractivity (Wildman–Crippen MR) is 112 cm³/mol. The van der Waals surface area contributed by atoms with Crippen molar-refractivity contribution in [1.29, 1.82) is 0 Å². The van der Waals surface area contributed by atoms with Gasteiger partial charge in [0.05, 0.1) is 17.9 Å². The molecule has 2 aromatic carbocycles. The Morgan fingerprint density at radius 3 is 2.32 bits per heavy atom. The summed E-state index contributed by atoms with van der Waals surface area (Å²) in [6, 6.07) is 13.7. The normalized spacial score (nSPS) is 10.9. The minimum absolute atomic E-state index is 0.383. The Hall–Kier alpha value is -3.02. The molecule has 2 rings (SSSR count). The van der Waals surface area contributed by atoms with Crippen molar-refractivity contribution < 1.29 is 14.3 Å². The molecule has 0 fully saturated rings. The summed E-state index contributed by atoms with van der Waals surface area (Å²) in [5.41, 5.74) is 4.26. The molecule has 0 saturated heterocycles. The zero-order valence-electron chi connectivity index (χ0n) is 17.2. The summed E-state index contributed by atoms with van der Waals surface area (Å²) in [5.74, 6) is 0. The number of nitrogens with one attached hydrogen (secondary N) is 2. The average molecular weight is 383 g/mol. The lowest BCUT2D eigenvalue weighted by Crippen LogP contribution is -2.32. The monoisotopic (exact) mass is 383 g/mol. The Bertz CT molecular complexity index is 811. The van der Waals surface area contributed by atoms with Crippen LogP contribution in [-0.2, 0) is 22.6 Å². The fourth-order valence-corrected chi connectivity index (χ4v) is 2.72. The number of hydrogen-bond donors (Lipinski definition) is 2. The number of alkyl carbamates (subject to hydrolysis) is 1. The maximum absolute atomic E-state index is 11.7. The minimum atomic E-state index is -0.520. The molecule has 0 aliphatic carbocycles. The van der Waals surface area contributed by atoms with Crippen molar-refractivity contribution in [3.05, 3.63) is 59.2 Å². The van der Waals surface area contributed by atoms with Gasteiger partial charge >= 0.3 is 6.09 Å². The van der Waals surface area contributed by atoms with E-state index in [0.29, 0.717) is 13.1 Å². The highest BCUT2D eigenvalue weighted by Gasteiger charge is 2.16. The second-order valence-corrected chi connectivity index (χ2v) is 7.68. The molecule has 0 spiro atoms. The van der Waals surface area contributed by atoms with E-state index < -0.39 is 11.7 Å². The standard InChI is InChI=1S/C22H29N3O3/c1-16-6-11-19(23-5)20(12-16)25(15-26)14-18-9-7-17(8-10-18)13-24-21(27)28-22(2,3)4/h6-12,15,23H,13-14H2,1-5H3,(H,24,27). The molecule has 0 bridgehead atoms. The van der Waals surface area contributed by atoms with Crippen LogP contribution in [0.4, 0.5) is 16.2 Å². The summed E-state index contributed by atoms with van der Waals surface area (Å²) < 4.78 is 5.23. The third-order valence-corrected chi connectivity index (χ3v) is 4.07. The van der Waals surface area contributed by atoms with Gasteiger partial charge < -0.3 is 20.3 Å². The van der Waals surface area contributed by atoms with Gasteiger partial charge in [0, 0.05) is 13.6 Å². The van der Waals surface area contributed by atoms with Gasteiger partial charge in [-0.05, 0) is 56.5 Å². The van der Waals surface area contributed by atoms with E-state index in [1.54, 1.807) is 4.90 Å². The Labute approximate surface area is 166 Å². The number of ether oxygens (including phenoxy) is 1. The van der Waals surface area contributed by atoms with E-state index in [1.807, 2.05) is 77.2 Å². The van der Waals surface area contributed by atoms with Gasteiger partial charge in [0.15, 0.2) is 0 Å². The Balaban J connectivity index is 2.02. The first-order valence-electron chi connectivity index (χ1n) is 9.27. The summed E-state index contributed by atoms with van der Waals surface area (Å²) in [6.07, 6.45) is 0.399.